The van der Waals surface area contributed by atoms with Gasteiger partial charge in [0, 0.05) is 24.2 Å². The predicted molar refractivity (Wildman–Crippen MR) is 50.9 cm³/mol. The van der Waals surface area contributed by atoms with E-state index in [0.717, 1.165) is 0 Å². The highest BCUT2D eigenvalue weighted by Crippen LogP contribution is 2.27. The topological polar surface area (TPSA) is 61.0 Å². The molecule has 0 amide bonds. The molecule has 0 aliphatic carbocycles. The molecule has 0 aliphatic heterocycles. The van der Waals surface area contributed by atoms with Crippen molar-refractivity contribution in [3.63, 3.8) is 0 Å². The fraction of sp³-hybridized carbons (Fsp3) is 0.556. The Kier molecular flexibility index (Phi) is 3.69. The van der Waals surface area contributed by atoms with Crippen LogP contribution in [0.5, 0.6) is 5.88 Å². The number of hydrogen-bond acceptors (Lipinski definition) is 4. The van der Waals surface area contributed by atoms with Crippen LogP contribution < -0.4 is 10.5 Å². The fourth-order valence-corrected chi connectivity index (χ4v) is 1.14. The lowest BCUT2D eigenvalue weighted by Gasteiger charge is -2.10. The van der Waals surface area contributed by atoms with Crippen LogP contribution in [0.3, 0.4) is 0 Å². The molecule has 1 rings (SSSR count). The number of rotatable bonds is 3. The Bertz CT molecular complexity index is 366. The summed E-state index contributed by atoms with van der Waals surface area (Å²) < 4.78 is 41.9. The molecule has 16 heavy (non-hydrogen) atoms. The van der Waals surface area contributed by atoms with Crippen molar-refractivity contribution in [3.8, 4) is 5.88 Å². The number of alkyl halides is 3. The summed E-state index contributed by atoms with van der Waals surface area (Å²) in [6.07, 6.45) is -4.34. The van der Waals surface area contributed by atoms with E-state index in [1.165, 1.54) is 13.2 Å². The molecule has 2 N–H and O–H groups in total. The lowest BCUT2D eigenvalue weighted by atomic mass is 10.2. The second kappa shape index (κ2) is 4.65. The van der Waals surface area contributed by atoms with Crippen LogP contribution in [0.15, 0.2) is 6.07 Å². The van der Waals surface area contributed by atoms with Gasteiger partial charge in [-0.1, -0.05) is 0 Å². The van der Waals surface area contributed by atoms with Crippen LogP contribution in [-0.2, 0) is 12.6 Å². The molecule has 0 bridgehead atoms. The second-order valence-electron chi connectivity index (χ2n) is 3.40. The Hall–Kier alpha value is -1.37. The first-order valence-corrected chi connectivity index (χ1v) is 4.57. The summed E-state index contributed by atoms with van der Waals surface area (Å²) in [5.74, 6) is -1.32. The van der Waals surface area contributed by atoms with E-state index >= 15 is 0 Å². The first-order valence-electron chi connectivity index (χ1n) is 4.57. The molecule has 0 saturated heterocycles. The summed E-state index contributed by atoms with van der Waals surface area (Å²) in [5, 5.41) is 0. The lowest BCUT2D eigenvalue weighted by molar-refractivity contribution is -0.145. The van der Waals surface area contributed by atoms with Gasteiger partial charge in [0.1, 0.15) is 0 Å². The monoisotopic (exact) mass is 235 g/mol. The van der Waals surface area contributed by atoms with E-state index in [1.807, 2.05) is 0 Å². The average Bonchev–Trinajstić information content (AvgIpc) is 2.14. The Morgan fingerprint density at radius 3 is 2.50 bits per heavy atom. The number of ether oxygens (including phenoxy) is 1. The number of hydrogen-bond donors (Lipinski definition) is 1. The van der Waals surface area contributed by atoms with Crippen molar-refractivity contribution in [2.24, 2.45) is 5.73 Å². The molecule has 0 aromatic carbocycles. The molecule has 1 heterocycles. The van der Waals surface area contributed by atoms with Crippen molar-refractivity contribution in [1.29, 1.82) is 0 Å². The molecule has 1 atom stereocenters. The van der Waals surface area contributed by atoms with Crippen LogP contribution in [0.1, 0.15) is 18.4 Å². The number of halogens is 3. The third-order valence-electron chi connectivity index (χ3n) is 1.75. The molecular formula is C9H12F3N3O. The van der Waals surface area contributed by atoms with Crippen molar-refractivity contribution in [2.75, 3.05) is 7.11 Å². The van der Waals surface area contributed by atoms with Gasteiger partial charge in [-0.05, 0) is 6.92 Å². The smallest absolute Gasteiger partial charge is 0.451 e. The van der Waals surface area contributed by atoms with E-state index in [-0.39, 0.29) is 24.0 Å². The van der Waals surface area contributed by atoms with E-state index in [1.54, 1.807) is 6.92 Å². The van der Waals surface area contributed by atoms with Crippen molar-refractivity contribution >= 4 is 0 Å². The average molecular weight is 235 g/mol. The summed E-state index contributed by atoms with van der Waals surface area (Å²) >= 11 is 0. The van der Waals surface area contributed by atoms with Crippen molar-refractivity contribution in [2.45, 2.75) is 25.6 Å². The molecule has 1 aromatic heterocycles. The SMILES string of the molecule is COc1cc(CC(C)N)nc(C(F)(F)F)n1. The largest absolute Gasteiger partial charge is 0.481 e. The zero-order valence-electron chi connectivity index (χ0n) is 8.88. The highest BCUT2D eigenvalue weighted by molar-refractivity contribution is 5.18. The summed E-state index contributed by atoms with van der Waals surface area (Å²) in [6.45, 7) is 1.68. The molecule has 0 fully saturated rings. The van der Waals surface area contributed by atoms with Crippen LogP contribution in [0.25, 0.3) is 0 Å². The Morgan fingerprint density at radius 1 is 1.44 bits per heavy atom. The minimum atomic E-state index is -4.58. The normalized spacial score (nSPS) is 13.6. The van der Waals surface area contributed by atoms with Crippen LogP contribution in [0.2, 0.25) is 0 Å². The van der Waals surface area contributed by atoms with E-state index in [0.29, 0.717) is 0 Å². The first-order chi connectivity index (χ1) is 7.32. The maximum atomic E-state index is 12.4. The van der Waals surface area contributed by atoms with E-state index in [9.17, 15) is 13.2 Å². The maximum Gasteiger partial charge on any atom is 0.451 e. The summed E-state index contributed by atoms with van der Waals surface area (Å²) in [6, 6.07) is 1.07. The third kappa shape index (κ3) is 3.34. The zero-order valence-corrected chi connectivity index (χ0v) is 8.88. The van der Waals surface area contributed by atoms with Gasteiger partial charge < -0.3 is 10.5 Å². The summed E-state index contributed by atoms with van der Waals surface area (Å²) in [5.41, 5.74) is 5.71. The first kappa shape index (κ1) is 12.7. The molecule has 0 spiro atoms. The van der Waals surface area contributed by atoms with E-state index < -0.39 is 12.0 Å². The second-order valence-corrected chi connectivity index (χ2v) is 3.40. The van der Waals surface area contributed by atoms with Crippen molar-refractivity contribution < 1.29 is 17.9 Å². The zero-order chi connectivity index (χ0) is 12.3. The van der Waals surface area contributed by atoms with Gasteiger partial charge in [0.25, 0.3) is 0 Å². The molecular weight excluding hydrogens is 223 g/mol. The van der Waals surface area contributed by atoms with Crippen LogP contribution in [0.4, 0.5) is 13.2 Å². The molecule has 0 saturated carbocycles. The summed E-state index contributed by atoms with van der Waals surface area (Å²) in [4.78, 5) is 6.63. The van der Waals surface area contributed by atoms with Gasteiger partial charge >= 0.3 is 6.18 Å². The molecule has 4 nitrogen and oxygen atoms in total. The minimum Gasteiger partial charge on any atom is -0.481 e. The standard InChI is InChI=1S/C9H12F3N3O/c1-5(13)3-6-4-7(16-2)15-8(14-6)9(10,11)12/h4-5H,3,13H2,1-2H3. The molecule has 0 aliphatic rings. The maximum absolute atomic E-state index is 12.4. The third-order valence-corrected chi connectivity index (χ3v) is 1.75. The predicted octanol–water partition coefficient (Wildman–Crippen LogP) is 1.39. The number of nitrogens with two attached hydrogens (primary N) is 1. The van der Waals surface area contributed by atoms with Gasteiger partial charge in [0.15, 0.2) is 0 Å². The fourth-order valence-electron chi connectivity index (χ4n) is 1.14. The van der Waals surface area contributed by atoms with Crippen LogP contribution >= 0.6 is 0 Å². The van der Waals surface area contributed by atoms with Gasteiger partial charge in [-0.25, -0.2) is 4.98 Å². The highest BCUT2D eigenvalue weighted by atomic mass is 19.4. The van der Waals surface area contributed by atoms with Gasteiger partial charge in [0.05, 0.1) is 7.11 Å². The molecule has 1 aromatic rings. The van der Waals surface area contributed by atoms with Gasteiger partial charge in [0.2, 0.25) is 11.7 Å². The molecule has 0 radical (unpaired) electrons. The Labute approximate surface area is 90.6 Å². The van der Waals surface area contributed by atoms with Gasteiger partial charge in [-0.2, -0.15) is 18.2 Å². The Balaban J connectivity index is 3.11. The number of methoxy groups -OCH3 is 1. The van der Waals surface area contributed by atoms with Crippen molar-refractivity contribution in [1.82, 2.24) is 9.97 Å². The van der Waals surface area contributed by atoms with Crippen LogP contribution in [-0.4, -0.2) is 23.1 Å². The minimum absolute atomic E-state index is 0.113. The van der Waals surface area contributed by atoms with Gasteiger partial charge in [-0.15, -0.1) is 0 Å². The van der Waals surface area contributed by atoms with E-state index in [2.05, 4.69) is 14.7 Å². The quantitative estimate of drug-likeness (QED) is 0.860. The highest BCUT2D eigenvalue weighted by Gasteiger charge is 2.35. The van der Waals surface area contributed by atoms with Crippen LogP contribution in [0, 0.1) is 0 Å². The Morgan fingerprint density at radius 2 is 2.06 bits per heavy atom. The number of nitrogens with zero attached hydrogens (tertiary/aromatic N) is 2. The molecule has 90 valence electrons. The molecule has 7 heteroatoms. The van der Waals surface area contributed by atoms with Gasteiger partial charge in [-0.3, -0.25) is 0 Å². The summed E-state index contributed by atoms with van der Waals surface area (Å²) in [7, 11) is 1.25. The van der Waals surface area contributed by atoms with Crippen molar-refractivity contribution in [3.05, 3.63) is 17.6 Å². The lowest BCUT2D eigenvalue weighted by Crippen LogP contribution is -2.20. The number of aromatic nitrogens is 2. The molecule has 1 unspecified atom stereocenters. The van der Waals surface area contributed by atoms with E-state index in [4.69, 9.17) is 5.73 Å².